The maximum Gasteiger partial charge on any atom is 0.0811 e. The first-order chi connectivity index (χ1) is 13.7. The molecular weight excluding hydrogens is 360 g/mol. The average Bonchev–Trinajstić information content (AvgIpc) is 3.07. The molecule has 0 amide bonds. The predicted molar refractivity (Wildman–Crippen MR) is 120 cm³/mol. The van der Waals surface area contributed by atoms with Gasteiger partial charge in [-0.05, 0) is 87.7 Å². The minimum absolute atomic E-state index is 0.409. The molecule has 0 aromatic rings. The summed E-state index contributed by atoms with van der Waals surface area (Å²) in [5.41, 5.74) is 3.34. The Hall–Kier alpha value is -0.900. The van der Waals surface area contributed by atoms with Gasteiger partial charge in [-0.15, -0.1) is 0 Å². The lowest BCUT2D eigenvalue weighted by Crippen LogP contribution is -2.31. The van der Waals surface area contributed by atoms with Crippen LogP contribution in [0.3, 0.4) is 0 Å². The van der Waals surface area contributed by atoms with Crippen LogP contribution in [0.2, 0.25) is 0 Å². The first kappa shape index (κ1) is 22.8. The third kappa shape index (κ3) is 5.83. The molecule has 0 bridgehead atoms. The van der Waals surface area contributed by atoms with E-state index in [-0.39, 0.29) is 0 Å². The third-order valence-electron chi connectivity index (χ3n) is 7.72. The van der Waals surface area contributed by atoms with Gasteiger partial charge >= 0.3 is 0 Å². The highest BCUT2D eigenvalue weighted by Crippen LogP contribution is 2.57. The molecule has 3 rings (SSSR count). The van der Waals surface area contributed by atoms with E-state index in [0.717, 1.165) is 24.0 Å². The van der Waals surface area contributed by atoms with E-state index < -0.39 is 17.8 Å². The molecule has 0 aromatic heterocycles. The van der Waals surface area contributed by atoms with Crippen LogP contribution in [-0.2, 0) is 0 Å². The van der Waals surface area contributed by atoms with Crippen molar-refractivity contribution in [1.29, 1.82) is 0 Å². The van der Waals surface area contributed by atoms with E-state index in [4.69, 9.17) is 0 Å². The van der Waals surface area contributed by atoms with Crippen molar-refractivity contribution in [2.24, 2.45) is 11.3 Å². The van der Waals surface area contributed by atoms with Gasteiger partial charge < -0.3 is 15.3 Å². The van der Waals surface area contributed by atoms with Crippen LogP contribution in [0.4, 0.5) is 0 Å². The van der Waals surface area contributed by atoms with E-state index in [2.05, 4.69) is 18.7 Å². The Morgan fingerprint density at radius 2 is 1.86 bits per heavy atom. The number of unbranched alkanes of at least 4 members (excludes halogenated alkanes) is 2. The van der Waals surface area contributed by atoms with Gasteiger partial charge in [0.1, 0.15) is 0 Å². The molecule has 0 aromatic carbocycles. The summed E-state index contributed by atoms with van der Waals surface area (Å²) in [5.74, 6) is 0.703. The number of aliphatic hydroxyl groups is 3. The number of fused-ring (bicyclic) bond motifs is 1. The van der Waals surface area contributed by atoms with Crippen LogP contribution >= 0.6 is 0 Å². The van der Waals surface area contributed by atoms with Crippen molar-refractivity contribution >= 4 is 0 Å². The lowest BCUT2D eigenvalue weighted by atomic mass is 9.63. The van der Waals surface area contributed by atoms with E-state index >= 15 is 0 Å². The van der Waals surface area contributed by atoms with Crippen molar-refractivity contribution < 1.29 is 15.3 Å². The Kier molecular flexibility index (Phi) is 7.46. The maximum absolute atomic E-state index is 10.1. The summed E-state index contributed by atoms with van der Waals surface area (Å²) in [5, 5.41) is 30.0. The summed E-state index contributed by atoms with van der Waals surface area (Å²) in [6, 6.07) is 0. The highest BCUT2D eigenvalue weighted by molar-refractivity contribution is 5.38. The van der Waals surface area contributed by atoms with Crippen LogP contribution in [0.25, 0.3) is 0 Å². The van der Waals surface area contributed by atoms with Crippen molar-refractivity contribution in [3.05, 3.63) is 35.5 Å². The SMILES string of the molecule is C=C1/C(=C\C=C2/CCC[C@]3(CCCCCC(C)(C)O)CCC[C@@H]23)C[C@@H](O)C[C@@H]1O. The highest BCUT2D eigenvalue weighted by Gasteiger charge is 2.45. The first-order valence-corrected chi connectivity index (χ1v) is 11.9. The van der Waals surface area contributed by atoms with E-state index in [0.29, 0.717) is 24.2 Å². The fourth-order valence-corrected chi connectivity index (χ4v) is 6.14. The predicted octanol–water partition coefficient (Wildman–Crippen LogP) is 5.60. The second-order valence-electron chi connectivity index (χ2n) is 10.6. The van der Waals surface area contributed by atoms with Crippen LogP contribution in [-0.4, -0.2) is 33.1 Å². The van der Waals surface area contributed by atoms with Gasteiger partial charge in [0, 0.05) is 6.42 Å². The van der Waals surface area contributed by atoms with Gasteiger partial charge in [0.05, 0.1) is 17.8 Å². The molecule has 3 nitrogen and oxygen atoms in total. The van der Waals surface area contributed by atoms with Crippen LogP contribution < -0.4 is 0 Å². The van der Waals surface area contributed by atoms with Crippen LogP contribution in [0.15, 0.2) is 35.5 Å². The zero-order valence-corrected chi connectivity index (χ0v) is 18.6. The molecule has 3 heteroatoms. The molecule has 0 unspecified atom stereocenters. The van der Waals surface area contributed by atoms with Gasteiger partial charge in [-0.25, -0.2) is 0 Å². The Labute approximate surface area is 177 Å². The molecule has 3 saturated carbocycles. The summed E-state index contributed by atoms with van der Waals surface area (Å²) in [6.07, 6.45) is 18.1. The van der Waals surface area contributed by atoms with Crippen molar-refractivity contribution in [2.45, 2.75) is 115 Å². The molecule has 0 aliphatic heterocycles. The summed E-state index contributed by atoms with van der Waals surface area (Å²) in [6.45, 7) is 7.87. The van der Waals surface area contributed by atoms with Gasteiger partial charge in [-0.3, -0.25) is 0 Å². The lowest BCUT2D eigenvalue weighted by Gasteiger charge is -2.42. The summed E-state index contributed by atoms with van der Waals surface area (Å²) in [7, 11) is 0. The zero-order valence-electron chi connectivity index (χ0n) is 18.6. The van der Waals surface area contributed by atoms with Gasteiger partial charge in [0.15, 0.2) is 0 Å². The normalized spacial score (nSPS) is 36.0. The Balaban J connectivity index is 1.63. The van der Waals surface area contributed by atoms with Gasteiger partial charge in [0.25, 0.3) is 0 Å². The molecule has 3 aliphatic rings. The monoisotopic (exact) mass is 402 g/mol. The standard InChI is InChI=1S/C26H42O3/c1-19-21(17-22(27)18-24(19)28)12-11-20-9-7-15-26(16-8-10-23(20)26)14-6-4-5-13-25(2,3)29/h11-12,22-24,27-29H,1,4-10,13-18H2,2-3H3/b20-11+,21-12-/t22-,23+,24+,26-/m1/s1. The van der Waals surface area contributed by atoms with E-state index in [1.165, 1.54) is 57.8 Å². The number of allylic oxidation sites excluding steroid dienone is 3. The van der Waals surface area contributed by atoms with E-state index in [1.54, 1.807) is 5.57 Å². The Bertz CT molecular complexity index is 639. The largest absolute Gasteiger partial charge is 0.393 e. The third-order valence-corrected chi connectivity index (χ3v) is 7.72. The molecule has 29 heavy (non-hydrogen) atoms. The summed E-state index contributed by atoms with van der Waals surface area (Å²) >= 11 is 0. The van der Waals surface area contributed by atoms with Gasteiger partial charge in [0.2, 0.25) is 0 Å². The van der Waals surface area contributed by atoms with E-state index in [9.17, 15) is 15.3 Å². The molecule has 0 saturated heterocycles. The molecule has 3 fully saturated rings. The smallest absolute Gasteiger partial charge is 0.0811 e. The van der Waals surface area contributed by atoms with Gasteiger partial charge in [-0.2, -0.15) is 0 Å². The number of hydrogen-bond donors (Lipinski definition) is 3. The van der Waals surface area contributed by atoms with Crippen molar-refractivity contribution in [3.8, 4) is 0 Å². The Morgan fingerprint density at radius 3 is 2.62 bits per heavy atom. The minimum Gasteiger partial charge on any atom is -0.393 e. The minimum atomic E-state index is -0.607. The van der Waals surface area contributed by atoms with Crippen molar-refractivity contribution in [1.82, 2.24) is 0 Å². The number of aliphatic hydroxyl groups excluding tert-OH is 2. The quantitative estimate of drug-likeness (QED) is 0.486. The highest BCUT2D eigenvalue weighted by atomic mass is 16.3. The Morgan fingerprint density at radius 1 is 1.10 bits per heavy atom. The molecular formula is C26H42O3. The second-order valence-corrected chi connectivity index (χ2v) is 10.6. The molecule has 164 valence electrons. The van der Waals surface area contributed by atoms with Gasteiger partial charge in [-0.1, -0.05) is 50.0 Å². The zero-order chi connectivity index (χ0) is 21.1. The van der Waals surface area contributed by atoms with Crippen LogP contribution in [0.1, 0.15) is 97.3 Å². The van der Waals surface area contributed by atoms with E-state index in [1.807, 2.05) is 13.8 Å². The fraction of sp³-hybridized carbons (Fsp3) is 0.769. The molecule has 0 radical (unpaired) electrons. The molecule has 0 heterocycles. The molecule has 3 aliphatic carbocycles. The number of rotatable bonds is 7. The molecule has 4 atom stereocenters. The maximum atomic E-state index is 10.1. The molecule has 3 N–H and O–H groups in total. The van der Waals surface area contributed by atoms with Crippen LogP contribution in [0, 0.1) is 11.3 Å². The van der Waals surface area contributed by atoms with Crippen LogP contribution in [0.5, 0.6) is 0 Å². The average molecular weight is 403 g/mol. The lowest BCUT2D eigenvalue weighted by molar-refractivity contribution is 0.0672. The number of hydrogen-bond acceptors (Lipinski definition) is 3. The summed E-state index contributed by atoms with van der Waals surface area (Å²) < 4.78 is 0. The van der Waals surface area contributed by atoms with Crippen molar-refractivity contribution in [2.75, 3.05) is 0 Å². The first-order valence-electron chi connectivity index (χ1n) is 11.9. The molecule has 0 spiro atoms. The topological polar surface area (TPSA) is 60.7 Å². The van der Waals surface area contributed by atoms with Crippen molar-refractivity contribution in [3.63, 3.8) is 0 Å². The summed E-state index contributed by atoms with van der Waals surface area (Å²) in [4.78, 5) is 0. The second kappa shape index (κ2) is 9.49. The fourth-order valence-electron chi connectivity index (χ4n) is 6.14.